The Kier molecular flexibility index (Phi) is 3.48. The van der Waals surface area contributed by atoms with E-state index in [9.17, 15) is 16.8 Å². The van der Waals surface area contributed by atoms with Crippen LogP contribution in [0.1, 0.15) is 5.56 Å². The second-order valence-electron chi connectivity index (χ2n) is 3.30. The highest BCUT2D eigenvalue weighted by Gasteiger charge is 2.22. The van der Waals surface area contributed by atoms with Crippen LogP contribution in [0.25, 0.3) is 0 Å². The fourth-order valence-electron chi connectivity index (χ4n) is 1.34. The molecule has 9 heteroatoms. The number of hydrogen-bond acceptors (Lipinski definition) is 5. The summed E-state index contributed by atoms with van der Waals surface area (Å²) in [6.07, 6.45) is 0. The van der Waals surface area contributed by atoms with Gasteiger partial charge in [-0.2, -0.15) is 16.8 Å². The topological polar surface area (TPSA) is 121 Å². The number of anilines is 1. The molecule has 0 aliphatic heterocycles. The number of hydrogen-bond donors (Lipinski definition) is 3. The van der Waals surface area contributed by atoms with Crippen LogP contribution in [0.4, 0.5) is 5.69 Å². The summed E-state index contributed by atoms with van der Waals surface area (Å²) in [5, 5.41) is 2.53. The molecule has 0 amide bonds. The van der Waals surface area contributed by atoms with Gasteiger partial charge in [0.2, 0.25) is 0 Å². The van der Waals surface area contributed by atoms with Gasteiger partial charge in [0.15, 0.2) is 0 Å². The Hall–Kier alpha value is -1.16. The van der Waals surface area contributed by atoms with Crippen molar-refractivity contribution in [2.75, 3.05) is 12.4 Å². The molecule has 0 unspecified atom stereocenters. The average Bonchev–Trinajstić information content (AvgIpc) is 2.14. The smallest absolute Gasteiger partial charge is 0.294 e. The van der Waals surface area contributed by atoms with Crippen LogP contribution in [-0.2, 0) is 20.2 Å². The van der Waals surface area contributed by atoms with Crippen LogP contribution in [0.5, 0.6) is 0 Å². The van der Waals surface area contributed by atoms with Gasteiger partial charge in [0.25, 0.3) is 20.2 Å². The summed E-state index contributed by atoms with van der Waals surface area (Å²) in [6, 6.07) is 2.14. The lowest BCUT2D eigenvalue weighted by Gasteiger charge is -2.10. The quantitative estimate of drug-likeness (QED) is 0.691. The van der Waals surface area contributed by atoms with E-state index in [1.165, 1.54) is 14.0 Å². The standard InChI is InChI=1S/C8H11NO6S2/c1-5-7(16(10,11)12)3-6(9-2)4-8(5)17(13,14)15/h3-4,9H,1-2H3,(H,10,11,12)(H,13,14,15). The third-order valence-corrected chi connectivity index (χ3v) is 4.12. The van der Waals surface area contributed by atoms with E-state index in [0.29, 0.717) is 0 Å². The molecular weight excluding hydrogens is 270 g/mol. The van der Waals surface area contributed by atoms with Crippen LogP contribution >= 0.6 is 0 Å². The van der Waals surface area contributed by atoms with Crippen molar-refractivity contribution in [2.24, 2.45) is 0 Å². The summed E-state index contributed by atoms with van der Waals surface area (Å²) in [4.78, 5) is -1.14. The summed E-state index contributed by atoms with van der Waals surface area (Å²) in [5.41, 5.74) is -0.107. The van der Waals surface area contributed by atoms with Crippen molar-refractivity contribution in [1.29, 1.82) is 0 Å². The first-order valence-electron chi connectivity index (χ1n) is 4.34. The van der Waals surface area contributed by atoms with E-state index >= 15 is 0 Å². The molecule has 1 aromatic rings. The molecule has 0 radical (unpaired) electrons. The molecule has 0 aliphatic carbocycles. The Morgan fingerprint density at radius 3 is 1.59 bits per heavy atom. The molecule has 1 rings (SSSR count). The lowest BCUT2D eigenvalue weighted by atomic mass is 10.2. The van der Waals surface area contributed by atoms with E-state index in [-0.39, 0.29) is 11.3 Å². The molecule has 0 bridgehead atoms. The third kappa shape index (κ3) is 2.94. The lowest BCUT2D eigenvalue weighted by molar-refractivity contribution is 0.480. The monoisotopic (exact) mass is 281 g/mol. The number of rotatable bonds is 3. The van der Waals surface area contributed by atoms with Crippen molar-refractivity contribution in [2.45, 2.75) is 16.7 Å². The van der Waals surface area contributed by atoms with Gasteiger partial charge in [-0.05, 0) is 24.6 Å². The fourth-order valence-corrected chi connectivity index (χ4v) is 2.95. The van der Waals surface area contributed by atoms with Crippen molar-refractivity contribution in [1.82, 2.24) is 0 Å². The molecule has 0 spiro atoms. The van der Waals surface area contributed by atoms with Crippen molar-refractivity contribution < 1.29 is 25.9 Å². The molecule has 1 aromatic carbocycles. The zero-order valence-corrected chi connectivity index (χ0v) is 10.6. The van der Waals surface area contributed by atoms with E-state index < -0.39 is 30.0 Å². The minimum atomic E-state index is -4.56. The molecule has 96 valence electrons. The zero-order chi connectivity index (χ0) is 13.4. The third-order valence-electron chi connectivity index (χ3n) is 2.16. The van der Waals surface area contributed by atoms with E-state index in [0.717, 1.165) is 12.1 Å². The normalized spacial score (nSPS) is 12.5. The van der Waals surface area contributed by atoms with Crippen LogP contribution < -0.4 is 5.32 Å². The van der Waals surface area contributed by atoms with Crippen molar-refractivity contribution in [3.8, 4) is 0 Å². The Balaban J connectivity index is 3.78. The lowest BCUT2D eigenvalue weighted by Crippen LogP contribution is -2.09. The molecule has 0 saturated carbocycles. The highest BCUT2D eigenvalue weighted by molar-refractivity contribution is 7.86. The molecule has 3 N–H and O–H groups in total. The second kappa shape index (κ2) is 4.26. The Labute approximate surface area is 99.0 Å². The summed E-state index contributed by atoms with van der Waals surface area (Å²) in [7, 11) is -7.69. The molecule has 0 heterocycles. The highest BCUT2D eigenvalue weighted by atomic mass is 32.2. The first-order valence-corrected chi connectivity index (χ1v) is 7.22. The summed E-state index contributed by atoms with van der Waals surface area (Å²) in [5.74, 6) is 0. The Morgan fingerprint density at radius 2 is 1.35 bits per heavy atom. The number of nitrogens with one attached hydrogen (secondary N) is 1. The van der Waals surface area contributed by atoms with Crippen LogP contribution in [0.3, 0.4) is 0 Å². The van der Waals surface area contributed by atoms with Gasteiger partial charge in [0.1, 0.15) is 9.79 Å². The minimum absolute atomic E-state index is 0.135. The highest BCUT2D eigenvalue weighted by Crippen LogP contribution is 2.27. The summed E-state index contributed by atoms with van der Waals surface area (Å²) >= 11 is 0. The maximum Gasteiger partial charge on any atom is 0.294 e. The van der Waals surface area contributed by atoms with E-state index in [4.69, 9.17) is 9.11 Å². The van der Waals surface area contributed by atoms with Crippen molar-refractivity contribution >= 4 is 25.9 Å². The Bertz CT molecular complexity index is 594. The predicted molar refractivity (Wildman–Crippen MR) is 60.4 cm³/mol. The first-order chi connectivity index (χ1) is 7.57. The van der Waals surface area contributed by atoms with Crippen molar-refractivity contribution in [3.63, 3.8) is 0 Å². The van der Waals surface area contributed by atoms with E-state index in [1.54, 1.807) is 0 Å². The van der Waals surface area contributed by atoms with Gasteiger partial charge < -0.3 is 5.32 Å². The van der Waals surface area contributed by atoms with Crippen LogP contribution in [0, 0.1) is 6.92 Å². The van der Waals surface area contributed by atoms with Gasteiger partial charge in [-0.15, -0.1) is 0 Å². The van der Waals surface area contributed by atoms with Crippen molar-refractivity contribution in [3.05, 3.63) is 17.7 Å². The minimum Gasteiger partial charge on any atom is -0.388 e. The van der Waals surface area contributed by atoms with Gasteiger partial charge in [-0.25, -0.2) is 0 Å². The van der Waals surface area contributed by atoms with Gasteiger partial charge in [-0.3, -0.25) is 9.11 Å². The molecule has 0 aromatic heterocycles. The van der Waals surface area contributed by atoms with Gasteiger partial charge in [-0.1, -0.05) is 0 Å². The van der Waals surface area contributed by atoms with E-state index in [1.807, 2.05) is 0 Å². The molecule has 7 nitrogen and oxygen atoms in total. The summed E-state index contributed by atoms with van der Waals surface area (Å²) < 4.78 is 62.1. The van der Waals surface area contributed by atoms with E-state index in [2.05, 4.69) is 5.32 Å². The van der Waals surface area contributed by atoms with Gasteiger partial charge in [0, 0.05) is 12.7 Å². The maximum atomic E-state index is 11.1. The fraction of sp³-hybridized carbons (Fsp3) is 0.250. The zero-order valence-electron chi connectivity index (χ0n) is 9.00. The second-order valence-corrected chi connectivity index (χ2v) is 6.08. The first kappa shape index (κ1) is 13.9. The summed E-state index contributed by atoms with van der Waals surface area (Å²) in [6.45, 7) is 1.17. The molecule has 0 fully saturated rings. The van der Waals surface area contributed by atoms with Gasteiger partial charge in [0.05, 0.1) is 0 Å². The SMILES string of the molecule is CNc1cc(S(=O)(=O)O)c(C)c(S(=O)(=O)O)c1. The molecule has 17 heavy (non-hydrogen) atoms. The molecule has 0 saturated heterocycles. The Morgan fingerprint density at radius 1 is 1.00 bits per heavy atom. The number of benzene rings is 1. The van der Waals surface area contributed by atoms with Gasteiger partial charge >= 0.3 is 0 Å². The molecule has 0 aliphatic rings. The van der Waals surface area contributed by atoms with Crippen LogP contribution in [0.15, 0.2) is 21.9 Å². The molecule has 0 atom stereocenters. The largest absolute Gasteiger partial charge is 0.388 e. The predicted octanol–water partition coefficient (Wildman–Crippen LogP) is 0.530. The average molecular weight is 281 g/mol. The van der Waals surface area contributed by atoms with Crippen LogP contribution in [-0.4, -0.2) is 33.0 Å². The maximum absolute atomic E-state index is 11.1. The molecular formula is C8H11NO6S2. The van der Waals surface area contributed by atoms with Crippen LogP contribution in [0.2, 0.25) is 0 Å².